The first-order valence-electron chi connectivity index (χ1n) is 3.98. The summed E-state index contributed by atoms with van der Waals surface area (Å²) in [4.78, 5) is 2.77. The highest BCUT2D eigenvalue weighted by atomic mass is 79.9. The Kier molecular flexibility index (Phi) is 2.28. The van der Waals surface area contributed by atoms with Gasteiger partial charge in [0.25, 0.3) is 0 Å². The fraction of sp³-hybridized carbons (Fsp3) is 0.111. The zero-order chi connectivity index (χ0) is 10.3. The second kappa shape index (κ2) is 3.33. The monoisotopic (exact) mass is 260 g/mol. The second-order valence-electron chi connectivity index (χ2n) is 2.93. The number of nitrogens with one attached hydrogen (secondary N) is 1. The van der Waals surface area contributed by atoms with E-state index in [1.165, 1.54) is 6.07 Å². The van der Waals surface area contributed by atoms with Crippen LogP contribution in [-0.2, 0) is 6.54 Å². The zero-order valence-electron chi connectivity index (χ0n) is 7.07. The van der Waals surface area contributed by atoms with Gasteiger partial charge >= 0.3 is 0 Å². The van der Waals surface area contributed by atoms with Crippen molar-refractivity contribution < 1.29 is 8.78 Å². The molecule has 5 heteroatoms. The summed E-state index contributed by atoms with van der Waals surface area (Å²) in [5, 5.41) is 0.348. The lowest BCUT2D eigenvalue weighted by molar-refractivity contribution is 0.580. The van der Waals surface area contributed by atoms with Crippen molar-refractivity contribution in [2.45, 2.75) is 6.54 Å². The summed E-state index contributed by atoms with van der Waals surface area (Å²) >= 11 is 2.84. The third-order valence-corrected chi connectivity index (χ3v) is 2.83. The molecule has 0 aliphatic rings. The lowest BCUT2D eigenvalue weighted by atomic mass is 10.1. The molecule has 0 atom stereocenters. The average Bonchev–Trinajstić information content (AvgIpc) is 2.57. The number of fused-ring (bicyclic) bond motifs is 1. The number of hydrogen-bond donors (Lipinski definition) is 2. The van der Waals surface area contributed by atoms with Gasteiger partial charge in [-0.3, -0.25) is 0 Å². The van der Waals surface area contributed by atoms with E-state index in [1.54, 1.807) is 6.20 Å². The second-order valence-corrected chi connectivity index (χ2v) is 3.72. The van der Waals surface area contributed by atoms with Gasteiger partial charge in [0.15, 0.2) is 0 Å². The maximum absolute atomic E-state index is 13.6. The molecule has 2 aromatic rings. The molecule has 3 N–H and O–H groups in total. The van der Waals surface area contributed by atoms with Crippen molar-refractivity contribution in [2.24, 2.45) is 5.73 Å². The minimum Gasteiger partial charge on any atom is -0.361 e. The summed E-state index contributed by atoms with van der Waals surface area (Å²) in [6.45, 7) is 0.217. The van der Waals surface area contributed by atoms with Gasteiger partial charge in [0, 0.05) is 18.1 Å². The van der Waals surface area contributed by atoms with Crippen molar-refractivity contribution in [3.8, 4) is 0 Å². The lowest BCUT2D eigenvalue weighted by Crippen LogP contribution is -1.96. The first kappa shape index (κ1) is 9.61. The maximum Gasteiger partial charge on any atom is 0.150 e. The summed E-state index contributed by atoms with van der Waals surface area (Å²) in [6, 6.07) is 1.24. The van der Waals surface area contributed by atoms with Crippen LogP contribution in [0, 0.1) is 11.6 Å². The normalized spacial score (nSPS) is 11.1. The van der Waals surface area contributed by atoms with Gasteiger partial charge in [-0.1, -0.05) is 0 Å². The Morgan fingerprint density at radius 1 is 1.43 bits per heavy atom. The van der Waals surface area contributed by atoms with Gasteiger partial charge in [-0.15, -0.1) is 0 Å². The molecule has 0 radical (unpaired) electrons. The van der Waals surface area contributed by atoms with Crippen LogP contribution in [-0.4, -0.2) is 4.98 Å². The topological polar surface area (TPSA) is 41.8 Å². The lowest BCUT2D eigenvalue weighted by Gasteiger charge is -2.00. The molecule has 1 aromatic heterocycles. The number of H-pyrrole nitrogens is 1. The van der Waals surface area contributed by atoms with Crippen LogP contribution >= 0.6 is 15.9 Å². The van der Waals surface area contributed by atoms with Crippen LogP contribution in [0.3, 0.4) is 0 Å². The third-order valence-electron chi connectivity index (χ3n) is 2.11. The number of hydrogen-bond acceptors (Lipinski definition) is 1. The van der Waals surface area contributed by atoms with Gasteiger partial charge in [0.05, 0.1) is 9.99 Å². The number of halogens is 3. The SMILES string of the molecule is NCc1c[nH]c2cc(F)c(Br)c(F)c12. The third kappa shape index (κ3) is 1.24. The molecule has 0 aliphatic heterocycles. The molecular weight excluding hydrogens is 254 g/mol. The van der Waals surface area contributed by atoms with Gasteiger partial charge in [0.1, 0.15) is 11.6 Å². The molecule has 74 valence electrons. The molecule has 1 aromatic carbocycles. The van der Waals surface area contributed by atoms with E-state index in [0.717, 1.165) is 0 Å². The molecule has 2 nitrogen and oxygen atoms in total. The van der Waals surface area contributed by atoms with Crippen molar-refractivity contribution in [3.05, 3.63) is 33.9 Å². The molecule has 0 aliphatic carbocycles. The van der Waals surface area contributed by atoms with Crippen molar-refractivity contribution >= 4 is 26.8 Å². The van der Waals surface area contributed by atoms with Crippen molar-refractivity contribution in [3.63, 3.8) is 0 Å². The Morgan fingerprint density at radius 2 is 2.14 bits per heavy atom. The van der Waals surface area contributed by atoms with E-state index >= 15 is 0 Å². The zero-order valence-corrected chi connectivity index (χ0v) is 8.66. The van der Waals surface area contributed by atoms with Gasteiger partial charge in [-0.2, -0.15) is 0 Å². The minimum atomic E-state index is -0.625. The first-order chi connectivity index (χ1) is 6.65. The maximum atomic E-state index is 13.6. The van der Waals surface area contributed by atoms with Crippen molar-refractivity contribution in [1.29, 1.82) is 0 Å². The quantitative estimate of drug-likeness (QED) is 0.761. The Hall–Kier alpha value is -0.940. The highest BCUT2D eigenvalue weighted by Gasteiger charge is 2.14. The molecule has 1 heterocycles. The number of rotatable bonds is 1. The Balaban J connectivity index is 2.88. The van der Waals surface area contributed by atoms with E-state index in [2.05, 4.69) is 20.9 Å². The van der Waals surface area contributed by atoms with E-state index in [9.17, 15) is 8.78 Å². The van der Waals surface area contributed by atoms with E-state index in [1.807, 2.05) is 0 Å². The average molecular weight is 261 g/mol. The van der Waals surface area contributed by atoms with Gasteiger partial charge in [0.2, 0.25) is 0 Å². The fourth-order valence-corrected chi connectivity index (χ4v) is 1.73. The van der Waals surface area contributed by atoms with Gasteiger partial charge < -0.3 is 10.7 Å². The van der Waals surface area contributed by atoms with Crippen LogP contribution in [0.2, 0.25) is 0 Å². The highest BCUT2D eigenvalue weighted by Crippen LogP contribution is 2.29. The van der Waals surface area contributed by atoms with Gasteiger partial charge in [-0.05, 0) is 27.6 Å². The first-order valence-corrected chi connectivity index (χ1v) is 4.78. The molecule has 14 heavy (non-hydrogen) atoms. The molecule has 0 amide bonds. The molecule has 0 saturated heterocycles. The molecule has 0 fully saturated rings. The molecule has 0 spiro atoms. The van der Waals surface area contributed by atoms with Crippen LogP contribution in [0.1, 0.15) is 5.56 Å². The molecular formula is C9H7BrF2N2. The largest absolute Gasteiger partial charge is 0.361 e. The Morgan fingerprint density at radius 3 is 2.79 bits per heavy atom. The predicted octanol–water partition coefficient (Wildman–Crippen LogP) is 2.67. The number of benzene rings is 1. The van der Waals surface area contributed by atoms with E-state index in [0.29, 0.717) is 16.5 Å². The van der Waals surface area contributed by atoms with Gasteiger partial charge in [-0.25, -0.2) is 8.78 Å². The summed E-state index contributed by atoms with van der Waals surface area (Å²) in [5.41, 5.74) is 6.48. The molecule has 0 unspecified atom stereocenters. The summed E-state index contributed by atoms with van der Waals surface area (Å²) in [5.74, 6) is -1.23. The number of aromatic nitrogens is 1. The summed E-state index contributed by atoms with van der Waals surface area (Å²) in [6.07, 6.45) is 1.58. The van der Waals surface area contributed by atoms with Crippen molar-refractivity contribution in [2.75, 3.05) is 0 Å². The molecule has 0 saturated carbocycles. The Labute approximate surface area is 87.2 Å². The van der Waals surface area contributed by atoms with Crippen molar-refractivity contribution in [1.82, 2.24) is 4.98 Å². The smallest absolute Gasteiger partial charge is 0.150 e. The molecule has 2 rings (SSSR count). The number of aromatic amines is 1. The van der Waals surface area contributed by atoms with E-state index in [4.69, 9.17) is 5.73 Å². The highest BCUT2D eigenvalue weighted by molar-refractivity contribution is 9.10. The number of nitrogens with two attached hydrogens (primary N) is 1. The Bertz CT molecular complexity index is 493. The summed E-state index contributed by atoms with van der Waals surface area (Å²) in [7, 11) is 0. The predicted molar refractivity (Wildman–Crippen MR) is 53.8 cm³/mol. The van der Waals surface area contributed by atoms with Crippen LogP contribution in [0.25, 0.3) is 10.9 Å². The van der Waals surface area contributed by atoms with Crippen LogP contribution in [0.4, 0.5) is 8.78 Å². The fourth-order valence-electron chi connectivity index (χ4n) is 1.42. The van der Waals surface area contributed by atoms with E-state index < -0.39 is 11.6 Å². The van der Waals surface area contributed by atoms with Crippen LogP contribution in [0.5, 0.6) is 0 Å². The standard InChI is InChI=1S/C9H7BrF2N2/c10-8-5(11)1-6-7(9(8)12)4(2-13)3-14-6/h1,3,14H,2,13H2. The van der Waals surface area contributed by atoms with E-state index in [-0.39, 0.29) is 11.0 Å². The van der Waals surface area contributed by atoms with Crippen LogP contribution < -0.4 is 5.73 Å². The molecule has 0 bridgehead atoms. The summed E-state index contributed by atoms with van der Waals surface area (Å²) < 4.78 is 26.5. The van der Waals surface area contributed by atoms with Crippen LogP contribution in [0.15, 0.2) is 16.7 Å². The minimum absolute atomic E-state index is 0.153.